The average molecular weight is 229 g/mol. The van der Waals surface area contributed by atoms with Crippen molar-refractivity contribution >= 4 is 11.6 Å². The second-order valence-electron chi connectivity index (χ2n) is 4.42. The van der Waals surface area contributed by atoms with E-state index in [0.29, 0.717) is 12.5 Å². The Kier molecular flexibility index (Phi) is 3.32. The molecule has 0 saturated carbocycles. The molecule has 0 aliphatic carbocycles. The SMILES string of the molecule is CC(C)CCn1nc2c(c1Cl)COCC2. The first kappa shape index (κ1) is 11.0. The summed E-state index contributed by atoms with van der Waals surface area (Å²) in [5.41, 5.74) is 2.21. The van der Waals surface area contributed by atoms with Crippen LogP contribution in [-0.2, 0) is 24.3 Å². The molecule has 2 heterocycles. The average Bonchev–Trinajstić information content (AvgIpc) is 2.54. The third kappa shape index (κ3) is 2.34. The normalized spacial score (nSPS) is 15.7. The Hall–Kier alpha value is -0.540. The fourth-order valence-electron chi connectivity index (χ4n) is 1.74. The van der Waals surface area contributed by atoms with Crippen molar-refractivity contribution in [1.29, 1.82) is 0 Å². The Balaban J connectivity index is 2.14. The minimum Gasteiger partial charge on any atom is -0.376 e. The van der Waals surface area contributed by atoms with E-state index in [4.69, 9.17) is 16.3 Å². The van der Waals surface area contributed by atoms with Crippen LogP contribution in [0.1, 0.15) is 31.5 Å². The van der Waals surface area contributed by atoms with Crippen molar-refractivity contribution in [2.24, 2.45) is 5.92 Å². The summed E-state index contributed by atoms with van der Waals surface area (Å²) < 4.78 is 7.30. The van der Waals surface area contributed by atoms with E-state index in [1.807, 2.05) is 4.68 Å². The quantitative estimate of drug-likeness (QED) is 0.796. The number of halogens is 1. The Morgan fingerprint density at radius 2 is 2.33 bits per heavy atom. The van der Waals surface area contributed by atoms with Crippen LogP contribution in [0.2, 0.25) is 5.15 Å². The summed E-state index contributed by atoms with van der Waals surface area (Å²) in [6, 6.07) is 0. The molecular weight excluding hydrogens is 212 g/mol. The molecule has 15 heavy (non-hydrogen) atoms. The number of hydrogen-bond donors (Lipinski definition) is 0. The first-order valence-corrected chi connectivity index (χ1v) is 5.88. The molecule has 0 saturated heterocycles. The van der Waals surface area contributed by atoms with E-state index in [1.54, 1.807) is 0 Å². The molecular formula is C11H17ClN2O. The van der Waals surface area contributed by atoms with E-state index in [9.17, 15) is 0 Å². The number of fused-ring (bicyclic) bond motifs is 1. The van der Waals surface area contributed by atoms with Crippen molar-refractivity contribution < 1.29 is 4.74 Å². The highest BCUT2D eigenvalue weighted by Gasteiger charge is 2.19. The molecule has 0 aromatic carbocycles. The number of aryl methyl sites for hydroxylation is 1. The zero-order valence-corrected chi connectivity index (χ0v) is 10.0. The van der Waals surface area contributed by atoms with E-state index in [-0.39, 0.29) is 0 Å². The third-order valence-corrected chi connectivity index (χ3v) is 3.14. The summed E-state index contributed by atoms with van der Waals surface area (Å²) in [5.74, 6) is 0.679. The minimum atomic E-state index is 0.621. The van der Waals surface area contributed by atoms with Gasteiger partial charge in [-0.2, -0.15) is 5.10 Å². The van der Waals surface area contributed by atoms with Crippen LogP contribution in [0.4, 0.5) is 0 Å². The van der Waals surface area contributed by atoms with Gasteiger partial charge in [-0.25, -0.2) is 0 Å². The van der Waals surface area contributed by atoms with Gasteiger partial charge in [0.1, 0.15) is 5.15 Å². The molecule has 4 heteroatoms. The van der Waals surface area contributed by atoms with Crippen molar-refractivity contribution in [3.05, 3.63) is 16.4 Å². The van der Waals surface area contributed by atoms with E-state index < -0.39 is 0 Å². The Labute approximate surface area is 95.4 Å². The highest BCUT2D eigenvalue weighted by molar-refractivity contribution is 6.30. The molecule has 1 aliphatic heterocycles. The minimum absolute atomic E-state index is 0.621. The highest BCUT2D eigenvalue weighted by Crippen LogP contribution is 2.25. The van der Waals surface area contributed by atoms with Gasteiger partial charge in [0.15, 0.2) is 0 Å². The molecule has 0 fully saturated rings. The molecule has 84 valence electrons. The van der Waals surface area contributed by atoms with Crippen LogP contribution >= 0.6 is 11.6 Å². The van der Waals surface area contributed by atoms with E-state index in [2.05, 4.69) is 18.9 Å². The fourth-order valence-corrected chi connectivity index (χ4v) is 2.03. The molecule has 0 spiro atoms. The summed E-state index contributed by atoms with van der Waals surface area (Å²) >= 11 is 6.25. The van der Waals surface area contributed by atoms with Gasteiger partial charge in [-0.3, -0.25) is 4.68 Å². The topological polar surface area (TPSA) is 27.1 Å². The summed E-state index contributed by atoms with van der Waals surface area (Å²) in [4.78, 5) is 0. The molecule has 0 unspecified atom stereocenters. The number of aromatic nitrogens is 2. The van der Waals surface area contributed by atoms with Crippen LogP contribution in [-0.4, -0.2) is 16.4 Å². The molecule has 0 amide bonds. The molecule has 0 atom stereocenters. The molecule has 3 nitrogen and oxygen atoms in total. The highest BCUT2D eigenvalue weighted by atomic mass is 35.5. The lowest BCUT2D eigenvalue weighted by molar-refractivity contribution is 0.110. The van der Waals surface area contributed by atoms with Crippen LogP contribution in [0.15, 0.2) is 0 Å². The fraction of sp³-hybridized carbons (Fsp3) is 0.727. The second-order valence-corrected chi connectivity index (χ2v) is 4.78. The lowest BCUT2D eigenvalue weighted by Crippen LogP contribution is -2.08. The predicted molar refractivity (Wildman–Crippen MR) is 60.1 cm³/mol. The van der Waals surface area contributed by atoms with Gasteiger partial charge in [0.25, 0.3) is 0 Å². The van der Waals surface area contributed by atoms with Gasteiger partial charge in [0.05, 0.1) is 18.9 Å². The van der Waals surface area contributed by atoms with Crippen molar-refractivity contribution in [1.82, 2.24) is 9.78 Å². The summed E-state index contributed by atoms with van der Waals surface area (Å²) in [6.45, 7) is 6.71. The van der Waals surface area contributed by atoms with E-state index in [0.717, 1.165) is 42.4 Å². The smallest absolute Gasteiger partial charge is 0.132 e. The Morgan fingerprint density at radius 1 is 1.53 bits per heavy atom. The van der Waals surface area contributed by atoms with Gasteiger partial charge < -0.3 is 4.74 Å². The first-order valence-electron chi connectivity index (χ1n) is 5.50. The van der Waals surface area contributed by atoms with Crippen molar-refractivity contribution in [2.75, 3.05) is 6.61 Å². The summed E-state index contributed by atoms with van der Waals surface area (Å²) in [6.07, 6.45) is 2.00. The van der Waals surface area contributed by atoms with Crippen molar-refractivity contribution in [2.45, 2.75) is 39.8 Å². The van der Waals surface area contributed by atoms with Crippen LogP contribution in [0, 0.1) is 5.92 Å². The van der Waals surface area contributed by atoms with Gasteiger partial charge in [0.2, 0.25) is 0 Å². The van der Waals surface area contributed by atoms with E-state index >= 15 is 0 Å². The van der Waals surface area contributed by atoms with E-state index in [1.165, 1.54) is 0 Å². The number of ether oxygens (including phenoxy) is 1. The maximum absolute atomic E-state index is 6.25. The van der Waals surface area contributed by atoms with Crippen LogP contribution in [0.25, 0.3) is 0 Å². The summed E-state index contributed by atoms with van der Waals surface area (Å²) in [5, 5.41) is 5.30. The van der Waals surface area contributed by atoms with Gasteiger partial charge in [-0.1, -0.05) is 25.4 Å². The predicted octanol–water partition coefficient (Wildman–Crippen LogP) is 2.66. The Bertz CT molecular complexity index is 347. The largest absolute Gasteiger partial charge is 0.376 e. The molecule has 0 bridgehead atoms. The van der Waals surface area contributed by atoms with Crippen molar-refractivity contribution in [3.63, 3.8) is 0 Å². The summed E-state index contributed by atoms with van der Waals surface area (Å²) in [7, 11) is 0. The second kappa shape index (κ2) is 4.54. The first-order chi connectivity index (χ1) is 7.18. The van der Waals surface area contributed by atoms with Gasteiger partial charge in [-0.05, 0) is 12.3 Å². The zero-order valence-electron chi connectivity index (χ0n) is 9.29. The van der Waals surface area contributed by atoms with Crippen LogP contribution in [0.3, 0.4) is 0 Å². The number of rotatable bonds is 3. The van der Waals surface area contributed by atoms with Gasteiger partial charge in [-0.15, -0.1) is 0 Å². The molecule has 1 aromatic heterocycles. The zero-order chi connectivity index (χ0) is 10.8. The maximum atomic E-state index is 6.25. The van der Waals surface area contributed by atoms with Crippen LogP contribution < -0.4 is 0 Å². The lowest BCUT2D eigenvalue weighted by atomic mass is 10.1. The molecule has 1 aromatic rings. The van der Waals surface area contributed by atoms with Gasteiger partial charge >= 0.3 is 0 Å². The number of hydrogen-bond acceptors (Lipinski definition) is 2. The van der Waals surface area contributed by atoms with Crippen molar-refractivity contribution in [3.8, 4) is 0 Å². The third-order valence-electron chi connectivity index (χ3n) is 2.71. The molecule has 2 rings (SSSR count). The maximum Gasteiger partial charge on any atom is 0.132 e. The molecule has 1 aliphatic rings. The van der Waals surface area contributed by atoms with Gasteiger partial charge in [0, 0.05) is 18.5 Å². The molecule has 0 radical (unpaired) electrons. The monoisotopic (exact) mass is 228 g/mol. The van der Waals surface area contributed by atoms with Crippen LogP contribution in [0.5, 0.6) is 0 Å². The number of nitrogens with zero attached hydrogens (tertiary/aromatic N) is 2. The molecule has 0 N–H and O–H groups in total. The lowest BCUT2D eigenvalue weighted by Gasteiger charge is -2.09. The Morgan fingerprint density at radius 3 is 3.00 bits per heavy atom. The standard InChI is InChI=1S/C11H17ClN2O/c1-8(2)3-5-14-11(12)9-7-15-6-4-10(9)13-14/h8H,3-7H2,1-2H3.